The molecule has 0 aliphatic carbocycles. The minimum Gasteiger partial charge on any atom is -0.459 e. The number of aliphatic hydroxyl groups excluding tert-OH is 8. The average Bonchev–Trinajstić information content (AvgIpc) is 1.50. The van der Waals surface area contributed by atoms with Crippen LogP contribution < -0.4 is 0 Å². The van der Waals surface area contributed by atoms with E-state index in [9.17, 15) is 45.6 Å². The van der Waals surface area contributed by atoms with Gasteiger partial charge in [-0.2, -0.15) is 0 Å². The Labute approximate surface area is 535 Å². The molecular formula is C70H93IO16Si. The number of ether oxygens (including phenoxy) is 7. The monoisotopic (exact) mass is 1340 g/mol. The van der Waals surface area contributed by atoms with Gasteiger partial charge in [0.2, 0.25) is 0 Å². The van der Waals surface area contributed by atoms with Gasteiger partial charge in [0.25, 0.3) is 0 Å². The van der Waals surface area contributed by atoms with E-state index in [-0.39, 0.29) is 49.0 Å². The quantitative estimate of drug-likeness (QED) is 0.0217. The minimum atomic E-state index is -1.49. The van der Waals surface area contributed by atoms with Crippen molar-refractivity contribution in [2.24, 2.45) is 23.7 Å². The zero-order chi connectivity index (χ0) is 64.1. The molecule has 4 heterocycles. The van der Waals surface area contributed by atoms with Crippen molar-refractivity contribution in [2.75, 3.05) is 19.8 Å². The summed E-state index contributed by atoms with van der Waals surface area (Å²) in [5.41, 5.74) is 8.36. The lowest BCUT2D eigenvalue weighted by Gasteiger charge is -2.44. The summed E-state index contributed by atoms with van der Waals surface area (Å²) in [6, 6.07) is 36.0. The van der Waals surface area contributed by atoms with E-state index < -0.39 is 82.3 Å². The molecule has 4 aromatic carbocycles. The van der Waals surface area contributed by atoms with E-state index in [0.717, 1.165) is 24.0 Å². The first-order chi connectivity index (χ1) is 42.0. The first kappa shape index (κ1) is 72.4. The van der Waals surface area contributed by atoms with Crippen molar-refractivity contribution in [3.05, 3.63) is 153 Å². The molecule has 0 saturated carbocycles. The summed E-state index contributed by atoms with van der Waals surface area (Å²) >= 11 is 2.31. The maximum Gasteiger partial charge on any atom is 0.303 e. The fraction of sp³-hybridized carbons (Fsp3) is 0.529. The molecule has 0 radical (unpaired) electrons. The molecule has 8 N–H and O–H groups in total. The van der Waals surface area contributed by atoms with E-state index in [1.165, 1.54) is 21.6 Å². The van der Waals surface area contributed by atoms with Crippen LogP contribution in [0, 0.1) is 50.5 Å². The molecule has 480 valence electrons. The van der Waals surface area contributed by atoms with Crippen LogP contribution in [-0.2, 0) is 51.2 Å². The van der Waals surface area contributed by atoms with Gasteiger partial charge in [-0.1, -0.05) is 181 Å². The molecule has 0 aromatic heterocycles. The molecule has 0 unspecified atom stereocenters. The summed E-state index contributed by atoms with van der Waals surface area (Å²) in [6.07, 6.45) is -2.99. The molecule has 0 amide bonds. The second-order valence-corrected chi connectivity index (χ2v) is 30.3. The molecule has 0 bridgehead atoms. The van der Waals surface area contributed by atoms with Crippen molar-refractivity contribution in [3.63, 3.8) is 0 Å². The number of carbonyl (C=O) groups is 1. The van der Waals surface area contributed by atoms with Crippen LogP contribution in [0.25, 0.3) is 12.2 Å². The lowest BCUT2D eigenvalue weighted by molar-refractivity contribution is -0.227. The van der Waals surface area contributed by atoms with Crippen LogP contribution in [0.15, 0.2) is 121 Å². The molecule has 4 aromatic rings. The van der Waals surface area contributed by atoms with Crippen LogP contribution in [0.3, 0.4) is 0 Å². The van der Waals surface area contributed by atoms with Crippen molar-refractivity contribution >= 4 is 48.8 Å². The van der Waals surface area contributed by atoms with Crippen molar-refractivity contribution in [1.82, 2.24) is 0 Å². The Balaban J connectivity index is 0.000000213. The lowest BCUT2D eigenvalue weighted by Crippen LogP contribution is -2.58. The van der Waals surface area contributed by atoms with Gasteiger partial charge in [-0.15, -0.1) is 5.54 Å². The fourth-order valence-electron chi connectivity index (χ4n) is 11.0. The molecule has 20 atom stereocenters. The molecule has 4 saturated heterocycles. The SMILES string of the molecule is CC[C@H]1O[C@H](C/C=C/c2cccc(I)c2)[C@@H](OC(C)=O)[C@@H](C)[C@@H]1C.C[C@@H]1[C@H](C)[C@@H](C#C[Si](C)(C)C)O[C@H](COCc2ccccc2)[C@H]1OCc1ccccc1.OC[C@H]1O[C@H](C/C=C/c2cccc(C#C[C@H]3O[C@H](CO)[C@@H](O)[C@H](O)[C@@H]3O)c2)[C@@H](O)[C@@H](O)[C@@H]1O. The van der Waals surface area contributed by atoms with Gasteiger partial charge in [0.1, 0.15) is 81.3 Å². The second kappa shape index (κ2) is 35.8. The fourth-order valence-corrected chi connectivity index (χ4v) is 12.1. The second-order valence-electron chi connectivity index (χ2n) is 24.4. The predicted octanol–water partition coefficient (Wildman–Crippen LogP) is 7.91. The Morgan fingerprint density at radius 2 is 1.10 bits per heavy atom. The molecule has 88 heavy (non-hydrogen) atoms. The minimum absolute atomic E-state index is 0.0316. The summed E-state index contributed by atoms with van der Waals surface area (Å²) in [4.78, 5) is 11.5. The van der Waals surface area contributed by atoms with E-state index in [1.807, 2.05) is 42.5 Å². The van der Waals surface area contributed by atoms with Gasteiger partial charge in [0.15, 0.2) is 0 Å². The first-order valence-electron chi connectivity index (χ1n) is 30.6. The Morgan fingerprint density at radius 1 is 0.568 bits per heavy atom. The number of hydrogen-bond donors (Lipinski definition) is 8. The van der Waals surface area contributed by atoms with Gasteiger partial charge < -0.3 is 74.0 Å². The normalized spacial score (nSPS) is 32.2. The number of aliphatic hydroxyl groups is 8. The van der Waals surface area contributed by atoms with Crippen molar-refractivity contribution in [2.45, 2.75) is 191 Å². The van der Waals surface area contributed by atoms with E-state index >= 15 is 0 Å². The van der Waals surface area contributed by atoms with Gasteiger partial charge in [-0.05, 0) is 106 Å². The number of rotatable bonds is 17. The molecule has 4 fully saturated rings. The Kier molecular flexibility index (Phi) is 29.5. The van der Waals surface area contributed by atoms with Crippen molar-refractivity contribution < 1.29 is 78.8 Å². The smallest absolute Gasteiger partial charge is 0.303 e. The molecule has 16 nitrogen and oxygen atoms in total. The highest BCUT2D eigenvalue weighted by Gasteiger charge is 2.46. The molecule has 4 aliphatic heterocycles. The van der Waals surface area contributed by atoms with Gasteiger partial charge in [-0.3, -0.25) is 4.79 Å². The van der Waals surface area contributed by atoms with Gasteiger partial charge >= 0.3 is 5.97 Å². The third-order valence-corrected chi connectivity index (χ3v) is 18.0. The van der Waals surface area contributed by atoms with Crippen LogP contribution in [0.4, 0.5) is 0 Å². The summed E-state index contributed by atoms with van der Waals surface area (Å²) in [5.74, 6) is 10.1. The van der Waals surface area contributed by atoms with Crippen LogP contribution in [0.1, 0.15) is 88.6 Å². The van der Waals surface area contributed by atoms with Crippen LogP contribution in [0.2, 0.25) is 19.6 Å². The van der Waals surface area contributed by atoms with Crippen LogP contribution in [0.5, 0.6) is 0 Å². The standard InChI is InChI=1S/C27H36O3Si.C23H30O10.C20H27IO3/c1-21-22(2)27(29-19-24-14-10-7-11-15-24)26(30-25(21)16-17-31(3,4)5)20-28-18-23-12-8-6-9-13-23;24-10-16-20(28)22(30)18(26)14(32-16)6-2-5-12-3-1-4-13(9-12)7-8-15-19(27)23(31)21(29)17(11-25)33-15;1-5-18-13(2)14(3)20(23-15(4)22)19(24-18)11-7-9-16-8-6-10-17(21)12-16/h6-15,21-22,25-27H,18-20H2,1-5H3;1-5,9,14-31H,6,10-11H2;6-10,12-14,18-20H,5,11H2,1-4H3/b;5-2+;9-7+/t21-,22+,25+,26+,27-;14-,15-,16-,17-,18-,19-,20-,21-,22-,23-;13-,14-,18+,19+,20-/m010/s1. The average molecular weight is 1350 g/mol. The number of esters is 1. The topological polar surface area (TPSA) is 244 Å². The Bertz CT molecular complexity index is 2920. The molecule has 8 rings (SSSR count). The molecular weight excluding hydrogens is 1250 g/mol. The first-order valence-corrected chi connectivity index (χ1v) is 35.2. The summed E-state index contributed by atoms with van der Waals surface area (Å²) in [6.45, 7) is 19.9. The lowest BCUT2D eigenvalue weighted by atomic mass is 9.79. The summed E-state index contributed by atoms with van der Waals surface area (Å²) < 4.78 is 42.9. The number of benzene rings is 4. The number of halogens is 1. The highest BCUT2D eigenvalue weighted by molar-refractivity contribution is 14.1. The largest absolute Gasteiger partial charge is 0.459 e. The Hall–Kier alpha value is -4.66. The highest BCUT2D eigenvalue weighted by Crippen LogP contribution is 2.37. The summed E-state index contributed by atoms with van der Waals surface area (Å²) in [7, 11) is -1.46. The highest BCUT2D eigenvalue weighted by atomic mass is 127. The third-order valence-electron chi connectivity index (χ3n) is 16.5. The van der Waals surface area contributed by atoms with Crippen LogP contribution >= 0.6 is 22.6 Å². The molecule has 18 heteroatoms. The third kappa shape index (κ3) is 21.8. The maximum atomic E-state index is 11.5. The summed E-state index contributed by atoms with van der Waals surface area (Å²) in [5, 5.41) is 78.1. The zero-order valence-electron chi connectivity index (χ0n) is 52.1. The van der Waals surface area contributed by atoms with Crippen LogP contribution in [-0.4, -0.2) is 172 Å². The van der Waals surface area contributed by atoms with Gasteiger partial charge in [0, 0.05) is 22.0 Å². The van der Waals surface area contributed by atoms with E-state index in [0.29, 0.717) is 49.1 Å². The van der Waals surface area contributed by atoms with E-state index in [4.69, 9.17) is 33.2 Å². The predicted molar refractivity (Wildman–Crippen MR) is 349 cm³/mol. The van der Waals surface area contributed by atoms with E-state index in [2.05, 4.69) is 161 Å². The Morgan fingerprint density at radius 3 is 1.69 bits per heavy atom. The van der Waals surface area contributed by atoms with Gasteiger partial charge in [-0.25, -0.2) is 0 Å². The molecule has 0 spiro atoms. The van der Waals surface area contributed by atoms with Crippen molar-refractivity contribution in [1.29, 1.82) is 0 Å². The van der Waals surface area contributed by atoms with Crippen molar-refractivity contribution in [3.8, 4) is 23.3 Å². The maximum absolute atomic E-state index is 11.5. The zero-order valence-corrected chi connectivity index (χ0v) is 55.3. The number of hydrogen-bond acceptors (Lipinski definition) is 16. The molecule has 4 aliphatic rings. The number of carbonyl (C=O) groups excluding carboxylic acids is 1. The van der Waals surface area contributed by atoms with Gasteiger partial charge in [0.05, 0.1) is 57.5 Å². The van der Waals surface area contributed by atoms with E-state index in [1.54, 1.807) is 30.4 Å².